The van der Waals surface area contributed by atoms with Crippen LogP contribution in [0.5, 0.6) is 0 Å². The van der Waals surface area contributed by atoms with E-state index >= 15 is 0 Å². The molecule has 0 bridgehead atoms. The van der Waals surface area contributed by atoms with Crippen LogP contribution >= 0.6 is 0 Å². The summed E-state index contributed by atoms with van der Waals surface area (Å²) in [6, 6.07) is 3.82. The van der Waals surface area contributed by atoms with Gasteiger partial charge < -0.3 is 16.5 Å². The number of H-pyrrole nitrogens is 1. The van der Waals surface area contributed by atoms with E-state index in [0.717, 1.165) is 29.1 Å². The summed E-state index contributed by atoms with van der Waals surface area (Å²) in [5.74, 6) is 0.538. The third-order valence-electron chi connectivity index (χ3n) is 3.56. The van der Waals surface area contributed by atoms with Crippen molar-refractivity contribution >= 4 is 11.9 Å². The van der Waals surface area contributed by atoms with Crippen LogP contribution in [-0.4, -0.2) is 20.5 Å². The van der Waals surface area contributed by atoms with E-state index in [9.17, 15) is 0 Å². The lowest BCUT2D eigenvalue weighted by molar-refractivity contribution is 0.511. The average Bonchev–Trinajstić information content (AvgIpc) is 2.75. The Balaban J connectivity index is 1.89. The van der Waals surface area contributed by atoms with Crippen LogP contribution in [0.25, 0.3) is 6.08 Å². The van der Waals surface area contributed by atoms with Gasteiger partial charge in [-0.25, -0.2) is 9.97 Å². The van der Waals surface area contributed by atoms with Gasteiger partial charge >= 0.3 is 0 Å². The Kier molecular flexibility index (Phi) is 2.64. The fourth-order valence-corrected chi connectivity index (χ4v) is 2.47. The van der Waals surface area contributed by atoms with Crippen LogP contribution < -0.4 is 11.5 Å². The number of hydrogen-bond acceptors (Lipinski definition) is 4. The van der Waals surface area contributed by atoms with Crippen molar-refractivity contribution < 1.29 is 0 Å². The molecule has 5 heteroatoms. The van der Waals surface area contributed by atoms with Crippen LogP contribution in [-0.2, 0) is 12.8 Å². The van der Waals surface area contributed by atoms with Crippen molar-refractivity contribution in [1.29, 1.82) is 0 Å². The number of aromatic amines is 1. The van der Waals surface area contributed by atoms with Crippen molar-refractivity contribution in [1.82, 2.24) is 15.0 Å². The summed E-state index contributed by atoms with van der Waals surface area (Å²) in [7, 11) is 0. The highest BCUT2D eigenvalue weighted by Crippen LogP contribution is 2.26. The first-order valence-corrected chi connectivity index (χ1v) is 6.28. The first kappa shape index (κ1) is 11.9. The van der Waals surface area contributed by atoms with Gasteiger partial charge in [0, 0.05) is 17.7 Å². The van der Waals surface area contributed by atoms with Gasteiger partial charge in [-0.05, 0) is 31.1 Å². The molecular weight excluding hydrogens is 238 g/mol. The van der Waals surface area contributed by atoms with Crippen LogP contribution in [0.15, 0.2) is 24.5 Å². The molecule has 2 heterocycles. The first-order chi connectivity index (χ1) is 9.06. The molecule has 1 aliphatic rings. The maximum atomic E-state index is 6.47. The van der Waals surface area contributed by atoms with E-state index in [-0.39, 0.29) is 0 Å². The van der Waals surface area contributed by atoms with Crippen molar-refractivity contribution in [2.45, 2.75) is 25.3 Å². The molecule has 3 rings (SSSR count). The molecular formula is C14H17N5. The van der Waals surface area contributed by atoms with Crippen LogP contribution in [0.4, 0.5) is 5.82 Å². The molecule has 0 saturated carbocycles. The van der Waals surface area contributed by atoms with Crippen molar-refractivity contribution in [3.05, 3.63) is 47.2 Å². The average molecular weight is 255 g/mol. The molecule has 2 aromatic heterocycles. The van der Waals surface area contributed by atoms with E-state index in [1.807, 2.05) is 31.2 Å². The largest absolute Gasteiger partial charge is 0.384 e. The zero-order valence-electron chi connectivity index (χ0n) is 10.9. The molecule has 1 unspecified atom stereocenters. The highest BCUT2D eigenvalue weighted by Gasteiger charge is 2.28. The summed E-state index contributed by atoms with van der Waals surface area (Å²) < 4.78 is 0. The van der Waals surface area contributed by atoms with Crippen molar-refractivity contribution in [3.63, 3.8) is 0 Å². The van der Waals surface area contributed by atoms with Gasteiger partial charge in [-0.1, -0.05) is 12.1 Å². The highest BCUT2D eigenvalue weighted by atomic mass is 14.9. The number of nitrogens with two attached hydrogens (primary N) is 2. The monoisotopic (exact) mass is 255 g/mol. The van der Waals surface area contributed by atoms with Crippen LogP contribution in [0.1, 0.15) is 22.6 Å². The van der Waals surface area contributed by atoms with E-state index in [1.54, 1.807) is 6.33 Å². The second-order valence-corrected chi connectivity index (χ2v) is 5.17. The zero-order chi connectivity index (χ0) is 13.5. The molecule has 2 aromatic rings. The summed E-state index contributed by atoms with van der Waals surface area (Å²) in [5, 5.41) is 0. The van der Waals surface area contributed by atoms with Gasteiger partial charge in [0.1, 0.15) is 5.82 Å². The summed E-state index contributed by atoms with van der Waals surface area (Å²) >= 11 is 0. The molecule has 0 saturated heterocycles. The minimum Gasteiger partial charge on any atom is -0.384 e. The summed E-state index contributed by atoms with van der Waals surface area (Å²) in [4.78, 5) is 11.7. The predicted octanol–water partition coefficient (Wildman–Crippen LogP) is 1.20. The second kappa shape index (κ2) is 4.20. The molecule has 0 aliphatic heterocycles. The van der Waals surface area contributed by atoms with Gasteiger partial charge in [-0.15, -0.1) is 0 Å². The zero-order valence-corrected chi connectivity index (χ0v) is 10.9. The number of nitrogens with zero attached hydrogens (tertiary/aromatic N) is 2. The molecule has 0 amide bonds. The van der Waals surface area contributed by atoms with Crippen LogP contribution in [0.3, 0.4) is 0 Å². The molecule has 1 aliphatic carbocycles. The van der Waals surface area contributed by atoms with Crippen molar-refractivity contribution in [2.75, 3.05) is 5.73 Å². The molecule has 19 heavy (non-hydrogen) atoms. The maximum absolute atomic E-state index is 6.47. The van der Waals surface area contributed by atoms with E-state index < -0.39 is 5.54 Å². The number of hydrogen-bond donors (Lipinski definition) is 3. The highest BCUT2D eigenvalue weighted by molar-refractivity contribution is 5.57. The lowest BCUT2D eigenvalue weighted by Crippen LogP contribution is -2.44. The molecule has 0 spiro atoms. The number of anilines is 1. The Labute approximate surface area is 111 Å². The minimum atomic E-state index is -0.412. The number of rotatable bonds is 2. The maximum Gasteiger partial charge on any atom is 0.124 e. The topological polar surface area (TPSA) is 93.6 Å². The number of pyridine rings is 1. The van der Waals surface area contributed by atoms with Crippen LogP contribution in [0.2, 0.25) is 0 Å². The lowest BCUT2D eigenvalue weighted by Gasteiger charge is -2.29. The van der Waals surface area contributed by atoms with E-state index in [4.69, 9.17) is 11.5 Å². The first-order valence-electron chi connectivity index (χ1n) is 6.28. The molecule has 1 atom stereocenters. The normalized spacial score (nSPS) is 21.4. The number of aromatic nitrogens is 3. The number of fused-ring (bicyclic) bond motifs is 1. The van der Waals surface area contributed by atoms with E-state index in [2.05, 4.69) is 15.0 Å². The Morgan fingerprint density at radius 3 is 3.00 bits per heavy atom. The number of imidazole rings is 1. The van der Waals surface area contributed by atoms with Gasteiger partial charge in [0.2, 0.25) is 0 Å². The standard InChI is InChI=1S/C14H17N5/c1-9-12(18-8-17-9)7-14(16)5-4-11-10(6-14)2-3-13(15)19-11/h2-5,8H,6-7,16H2,1H3,(H2,15,19)(H,17,18). The second-order valence-electron chi connectivity index (χ2n) is 5.17. The third-order valence-corrected chi connectivity index (χ3v) is 3.56. The molecule has 0 aromatic carbocycles. The molecule has 98 valence electrons. The fraction of sp³-hybridized carbons (Fsp3) is 0.286. The summed E-state index contributed by atoms with van der Waals surface area (Å²) in [5.41, 5.74) is 15.9. The Bertz CT molecular complexity index is 643. The van der Waals surface area contributed by atoms with Gasteiger partial charge in [0.25, 0.3) is 0 Å². The van der Waals surface area contributed by atoms with E-state index in [1.165, 1.54) is 0 Å². The van der Waals surface area contributed by atoms with E-state index in [0.29, 0.717) is 12.2 Å². The minimum absolute atomic E-state index is 0.412. The number of nitrogen functional groups attached to an aromatic ring is 1. The Morgan fingerprint density at radius 1 is 1.42 bits per heavy atom. The van der Waals surface area contributed by atoms with Gasteiger partial charge in [0.15, 0.2) is 0 Å². The Morgan fingerprint density at radius 2 is 2.26 bits per heavy atom. The quantitative estimate of drug-likeness (QED) is 0.751. The van der Waals surface area contributed by atoms with Gasteiger partial charge in [0.05, 0.1) is 17.7 Å². The Hall–Kier alpha value is -2.14. The molecule has 0 radical (unpaired) electrons. The summed E-state index contributed by atoms with van der Waals surface area (Å²) in [6.45, 7) is 2.01. The van der Waals surface area contributed by atoms with Gasteiger partial charge in [-0.2, -0.15) is 0 Å². The van der Waals surface area contributed by atoms with Crippen LogP contribution in [0, 0.1) is 6.92 Å². The smallest absolute Gasteiger partial charge is 0.124 e. The third kappa shape index (κ3) is 2.24. The lowest BCUT2D eigenvalue weighted by atomic mass is 9.82. The molecule has 0 fully saturated rings. The number of aryl methyl sites for hydroxylation is 1. The number of nitrogens with one attached hydrogen (secondary N) is 1. The predicted molar refractivity (Wildman–Crippen MR) is 75.3 cm³/mol. The molecule has 5 nitrogen and oxygen atoms in total. The fourth-order valence-electron chi connectivity index (χ4n) is 2.47. The van der Waals surface area contributed by atoms with Crippen molar-refractivity contribution in [2.24, 2.45) is 5.73 Å². The molecule has 5 N–H and O–H groups in total. The summed E-state index contributed by atoms with van der Waals surface area (Å²) in [6.07, 6.45) is 7.13. The SMILES string of the molecule is Cc1[nH]cnc1CC1(N)C=Cc2nc(N)ccc2C1. The van der Waals surface area contributed by atoms with Crippen molar-refractivity contribution in [3.8, 4) is 0 Å². The van der Waals surface area contributed by atoms with Gasteiger partial charge in [-0.3, -0.25) is 0 Å².